The Labute approximate surface area is 163 Å². The number of nitrogens with zero attached hydrogens (tertiary/aromatic N) is 1. The average Bonchev–Trinajstić information content (AvgIpc) is 2.52. The maximum absolute atomic E-state index is 12.1. The topological polar surface area (TPSA) is 54.9 Å². The Morgan fingerprint density at radius 1 is 1.20 bits per heavy atom. The van der Waals surface area contributed by atoms with E-state index >= 15 is 0 Å². The largest absolute Gasteiger partial charge is 0.411 e. The SMILES string of the molecule is CCNC(=NCc1cccc(COCC(F)(F)F)c1)NCCOC.I. The van der Waals surface area contributed by atoms with Crippen molar-refractivity contribution < 1.29 is 22.6 Å². The first-order chi connectivity index (χ1) is 11.4. The summed E-state index contributed by atoms with van der Waals surface area (Å²) >= 11 is 0. The number of guanidine groups is 1. The van der Waals surface area contributed by atoms with Crippen LogP contribution in [0.25, 0.3) is 0 Å². The molecule has 0 aliphatic heterocycles. The molecular formula is C16H25F3IN3O2. The van der Waals surface area contributed by atoms with Crippen LogP contribution in [-0.4, -0.2) is 45.5 Å². The third kappa shape index (κ3) is 12.0. The van der Waals surface area contributed by atoms with E-state index in [9.17, 15) is 13.2 Å². The Hall–Kier alpha value is -1.07. The van der Waals surface area contributed by atoms with E-state index in [1.54, 1.807) is 25.3 Å². The van der Waals surface area contributed by atoms with E-state index in [0.29, 0.717) is 31.2 Å². The van der Waals surface area contributed by atoms with Gasteiger partial charge in [-0.3, -0.25) is 0 Å². The van der Waals surface area contributed by atoms with Crippen LogP contribution in [0.3, 0.4) is 0 Å². The number of benzene rings is 1. The van der Waals surface area contributed by atoms with E-state index in [4.69, 9.17) is 4.74 Å². The summed E-state index contributed by atoms with van der Waals surface area (Å²) in [5, 5.41) is 6.23. The zero-order valence-corrected chi connectivity index (χ0v) is 16.7. The standard InChI is InChI=1S/C16H24F3N3O2.HI/c1-3-20-15(21-7-8-23-2)22-10-13-5-4-6-14(9-13)11-24-12-16(17,18)19;/h4-6,9H,3,7-8,10-12H2,1-2H3,(H2,20,21,22);1H. The number of rotatable bonds is 9. The highest BCUT2D eigenvalue weighted by Gasteiger charge is 2.27. The minimum atomic E-state index is -4.31. The average molecular weight is 475 g/mol. The summed E-state index contributed by atoms with van der Waals surface area (Å²) in [5.41, 5.74) is 1.58. The highest BCUT2D eigenvalue weighted by Crippen LogP contribution is 2.16. The van der Waals surface area contributed by atoms with Gasteiger partial charge in [0.2, 0.25) is 0 Å². The molecule has 1 aromatic carbocycles. The molecule has 2 N–H and O–H groups in total. The molecule has 0 saturated heterocycles. The van der Waals surface area contributed by atoms with Crippen molar-refractivity contribution in [3.05, 3.63) is 35.4 Å². The Balaban J connectivity index is 0.00000576. The van der Waals surface area contributed by atoms with Crippen molar-refractivity contribution >= 4 is 29.9 Å². The van der Waals surface area contributed by atoms with Crippen LogP contribution in [0.15, 0.2) is 29.3 Å². The zero-order valence-electron chi connectivity index (χ0n) is 14.4. The first-order valence-electron chi connectivity index (χ1n) is 7.68. The predicted molar refractivity (Wildman–Crippen MR) is 102 cm³/mol. The van der Waals surface area contributed by atoms with Crippen LogP contribution < -0.4 is 10.6 Å². The Morgan fingerprint density at radius 3 is 2.56 bits per heavy atom. The van der Waals surface area contributed by atoms with Gasteiger partial charge in [-0.2, -0.15) is 13.2 Å². The fourth-order valence-electron chi connectivity index (χ4n) is 1.89. The van der Waals surface area contributed by atoms with Gasteiger partial charge >= 0.3 is 6.18 Å². The number of hydrogen-bond donors (Lipinski definition) is 2. The number of aliphatic imine (C=N–C) groups is 1. The van der Waals surface area contributed by atoms with Crippen LogP contribution in [0, 0.1) is 0 Å². The molecule has 0 aliphatic rings. The second-order valence-electron chi connectivity index (χ2n) is 5.04. The van der Waals surface area contributed by atoms with E-state index in [-0.39, 0.29) is 30.6 Å². The van der Waals surface area contributed by atoms with Gasteiger partial charge in [0.15, 0.2) is 5.96 Å². The van der Waals surface area contributed by atoms with Crippen molar-refractivity contribution in [3.8, 4) is 0 Å². The highest BCUT2D eigenvalue weighted by atomic mass is 127. The minimum Gasteiger partial charge on any atom is -0.383 e. The van der Waals surface area contributed by atoms with E-state index in [1.165, 1.54) is 0 Å². The monoisotopic (exact) mass is 475 g/mol. The second kappa shape index (κ2) is 13.2. The summed E-state index contributed by atoms with van der Waals surface area (Å²) in [6, 6.07) is 7.17. The maximum atomic E-state index is 12.1. The van der Waals surface area contributed by atoms with Gasteiger partial charge in [0.1, 0.15) is 6.61 Å². The van der Waals surface area contributed by atoms with Crippen molar-refractivity contribution in [3.63, 3.8) is 0 Å². The molecule has 0 aliphatic carbocycles. The van der Waals surface area contributed by atoms with Gasteiger partial charge in [-0.15, -0.1) is 24.0 Å². The summed E-state index contributed by atoms with van der Waals surface area (Å²) in [7, 11) is 1.62. The molecule has 0 aromatic heterocycles. The smallest absolute Gasteiger partial charge is 0.383 e. The third-order valence-electron chi connectivity index (χ3n) is 2.89. The van der Waals surface area contributed by atoms with E-state index in [1.807, 2.05) is 13.0 Å². The Bertz CT molecular complexity index is 514. The molecule has 9 heteroatoms. The molecule has 0 atom stereocenters. The lowest BCUT2D eigenvalue weighted by Gasteiger charge is -2.11. The molecule has 0 unspecified atom stereocenters. The predicted octanol–water partition coefficient (Wildman–Crippen LogP) is 3.09. The normalized spacial score (nSPS) is 11.8. The molecule has 0 saturated carbocycles. The van der Waals surface area contributed by atoms with Crippen molar-refractivity contribution in [2.24, 2.45) is 4.99 Å². The molecule has 0 heterocycles. The molecule has 25 heavy (non-hydrogen) atoms. The summed E-state index contributed by atoms with van der Waals surface area (Å²) in [6.45, 7) is 2.97. The van der Waals surface area contributed by atoms with Crippen molar-refractivity contribution in [1.82, 2.24) is 10.6 Å². The van der Waals surface area contributed by atoms with Gasteiger partial charge in [-0.05, 0) is 18.1 Å². The van der Waals surface area contributed by atoms with Gasteiger partial charge < -0.3 is 20.1 Å². The van der Waals surface area contributed by atoms with Crippen LogP contribution >= 0.6 is 24.0 Å². The lowest BCUT2D eigenvalue weighted by Crippen LogP contribution is -2.38. The van der Waals surface area contributed by atoms with Crippen LogP contribution in [0.5, 0.6) is 0 Å². The van der Waals surface area contributed by atoms with Crippen molar-refractivity contribution in [1.29, 1.82) is 0 Å². The number of ether oxygens (including phenoxy) is 2. The van der Waals surface area contributed by atoms with Crippen LogP contribution in [0.1, 0.15) is 18.1 Å². The maximum Gasteiger partial charge on any atom is 0.411 e. The van der Waals surface area contributed by atoms with Crippen molar-refractivity contribution in [2.75, 3.05) is 33.4 Å². The number of methoxy groups -OCH3 is 1. The lowest BCUT2D eigenvalue weighted by atomic mass is 10.1. The van der Waals surface area contributed by atoms with Crippen LogP contribution in [0.4, 0.5) is 13.2 Å². The van der Waals surface area contributed by atoms with Crippen LogP contribution in [0.2, 0.25) is 0 Å². The van der Waals surface area contributed by atoms with E-state index in [0.717, 1.165) is 12.1 Å². The first-order valence-corrected chi connectivity index (χ1v) is 7.68. The second-order valence-corrected chi connectivity index (χ2v) is 5.04. The molecule has 144 valence electrons. The van der Waals surface area contributed by atoms with Gasteiger partial charge in [-0.1, -0.05) is 24.3 Å². The number of halogens is 4. The van der Waals surface area contributed by atoms with Crippen LogP contribution in [-0.2, 0) is 22.6 Å². The Morgan fingerprint density at radius 2 is 1.92 bits per heavy atom. The molecule has 0 bridgehead atoms. The number of nitrogens with one attached hydrogen (secondary N) is 2. The summed E-state index contributed by atoms with van der Waals surface area (Å²) in [5.74, 6) is 0.660. The summed E-state index contributed by atoms with van der Waals surface area (Å²) < 4.78 is 45.9. The fourth-order valence-corrected chi connectivity index (χ4v) is 1.89. The van der Waals surface area contributed by atoms with Gasteiger partial charge in [0, 0.05) is 20.2 Å². The molecule has 0 radical (unpaired) electrons. The van der Waals surface area contributed by atoms with E-state index < -0.39 is 12.8 Å². The van der Waals surface area contributed by atoms with Gasteiger partial charge in [0.05, 0.1) is 19.8 Å². The number of alkyl halides is 3. The molecule has 0 amide bonds. The van der Waals surface area contributed by atoms with Gasteiger partial charge in [0.25, 0.3) is 0 Å². The highest BCUT2D eigenvalue weighted by molar-refractivity contribution is 14.0. The minimum absolute atomic E-state index is 0. The summed E-state index contributed by atoms with van der Waals surface area (Å²) in [6.07, 6.45) is -4.31. The fraction of sp³-hybridized carbons (Fsp3) is 0.562. The van der Waals surface area contributed by atoms with Crippen molar-refractivity contribution in [2.45, 2.75) is 26.3 Å². The summed E-state index contributed by atoms with van der Waals surface area (Å²) in [4.78, 5) is 4.43. The molecular weight excluding hydrogens is 450 g/mol. The first kappa shape index (κ1) is 23.9. The van der Waals surface area contributed by atoms with E-state index in [2.05, 4.69) is 20.4 Å². The number of hydrogen-bond acceptors (Lipinski definition) is 3. The molecule has 0 spiro atoms. The molecule has 1 rings (SSSR count). The third-order valence-corrected chi connectivity index (χ3v) is 2.89. The Kier molecular flexibility index (Phi) is 12.6. The lowest BCUT2D eigenvalue weighted by molar-refractivity contribution is -0.176. The quantitative estimate of drug-likeness (QED) is 0.250. The molecule has 1 aromatic rings. The zero-order chi connectivity index (χ0) is 17.8. The molecule has 0 fully saturated rings. The molecule has 5 nitrogen and oxygen atoms in total. The van der Waals surface area contributed by atoms with Gasteiger partial charge in [-0.25, -0.2) is 4.99 Å².